The molecule has 0 aliphatic carbocycles. The maximum Gasteiger partial charge on any atom is 0.322 e. The van der Waals surface area contributed by atoms with Gasteiger partial charge in [0.2, 0.25) is 0 Å². The van der Waals surface area contributed by atoms with Gasteiger partial charge < -0.3 is 20.5 Å². The number of urea groups is 1. The number of amides is 3. The number of aryl methyl sites for hydroxylation is 1. The number of rotatable bonds is 3. The lowest BCUT2D eigenvalue weighted by Crippen LogP contribution is -2.41. The Kier molecular flexibility index (Phi) is 5.40. The number of nitrogens with one attached hydrogen (secondary N) is 1. The number of fused-ring (bicyclic) bond motifs is 1. The van der Waals surface area contributed by atoms with Crippen molar-refractivity contribution in [2.45, 2.75) is 20.0 Å². The highest BCUT2D eigenvalue weighted by Gasteiger charge is 2.28. The van der Waals surface area contributed by atoms with E-state index in [4.69, 9.17) is 22.6 Å². The molecule has 3 amide bonds. The quantitative estimate of drug-likeness (QED) is 0.648. The van der Waals surface area contributed by atoms with Gasteiger partial charge in [-0.2, -0.15) is 5.26 Å². The average Bonchev–Trinajstić information content (AvgIpc) is 3.15. The molecule has 31 heavy (non-hydrogen) atoms. The maximum absolute atomic E-state index is 12.8. The second-order valence-electron chi connectivity index (χ2n) is 7.43. The molecule has 4 rings (SSSR count). The largest absolute Gasteiger partial charge is 0.366 e. The predicted molar refractivity (Wildman–Crippen MR) is 119 cm³/mol. The van der Waals surface area contributed by atoms with Crippen molar-refractivity contribution in [2.75, 3.05) is 11.9 Å². The van der Waals surface area contributed by atoms with Gasteiger partial charge >= 0.3 is 6.03 Å². The molecule has 7 nitrogen and oxygen atoms in total. The molecule has 1 aromatic heterocycles. The molecule has 0 radical (unpaired) electrons. The lowest BCUT2D eigenvalue weighted by atomic mass is 10.0. The first-order valence-corrected chi connectivity index (χ1v) is 10.1. The van der Waals surface area contributed by atoms with Crippen molar-refractivity contribution in [3.8, 4) is 17.2 Å². The van der Waals surface area contributed by atoms with Crippen molar-refractivity contribution in [1.82, 2.24) is 9.47 Å². The minimum Gasteiger partial charge on any atom is -0.366 e. The second-order valence-corrected chi connectivity index (χ2v) is 7.83. The van der Waals surface area contributed by atoms with E-state index in [1.807, 2.05) is 35.9 Å². The smallest absolute Gasteiger partial charge is 0.322 e. The Morgan fingerprint density at radius 2 is 1.90 bits per heavy atom. The number of benzene rings is 2. The van der Waals surface area contributed by atoms with Gasteiger partial charge in [0.1, 0.15) is 0 Å². The normalized spacial score (nSPS) is 12.7. The van der Waals surface area contributed by atoms with Crippen LogP contribution in [0.3, 0.4) is 0 Å². The van der Waals surface area contributed by atoms with Crippen molar-refractivity contribution in [2.24, 2.45) is 5.73 Å². The van der Waals surface area contributed by atoms with Gasteiger partial charge in [-0.25, -0.2) is 4.79 Å². The van der Waals surface area contributed by atoms with E-state index in [1.165, 1.54) is 0 Å². The van der Waals surface area contributed by atoms with Crippen molar-refractivity contribution in [3.63, 3.8) is 0 Å². The van der Waals surface area contributed by atoms with Crippen LogP contribution in [0.1, 0.15) is 27.2 Å². The molecule has 3 aromatic rings. The number of aromatic nitrogens is 1. The molecule has 3 N–H and O–H groups in total. The zero-order valence-electron chi connectivity index (χ0n) is 16.9. The number of hydrogen-bond acceptors (Lipinski definition) is 3. The first-order valence-electron chi connectivity index (χ1n) is 9.72. The summed E-state index contributed by atoms with van der Waals surface area (Å²) < 4.78 is 1.98. The number of anilines is 1. The summed E-state index contributed by atoms with van der Waals surface area (Å²) in [5.41, 5.74) is 10.5. The van der Waals surface area contributed by atoms with Crippen LogP contribution in [0.4, 0.5) is 10.5 Å². The number of carbonyl (C=O) groups excluding carboxylic acids is 2. The highest BCUT2D eigenvalue weighted by Crippen LogP contribution is 2.33. The van der Waals surface area contributed by atoms with Crippen molar-refractivity contribution in [3.05, 3.63) is 76.1 Å². The molecule has 0 saturated carbocycles. The van der Waals surface area contributed by atoms with Gasteiger partial charge in [-0.1, -0.05) is 17.7 Å². The van der Waals surface area contributed by atoms with Crippen LogP contribution in [0.15, 0.2) is 48.7 Å². The lowest BCUT2D eigenvalue weighted by Gasteiger charge is -2.29. The van der Waals surface area contributed by atoms with Crippen LogP contribution in [0.5, 0.6) is 0 Å². The molecular formula is C23H20ClN5O2. The van der Waals surface area contributed by atoms with Crippen LogP contribution < -0.4 is 11.1 Å². The van der Waals surface area contributed by atoms with Gasteiger partial charge in [-0.15, -0.1) is 0 Å². The average molecular weight is 434 g/mol. The summed E-state index contributed by atoms with van der Waals surface area (Å²) in [6, 6.07) is 14.0. The van der Waals surface area contributed by atoms with E-state index >= 15 is 0 Å². The zero-order valence-corrected chi connectivity index (χ0v) is 17.6. The third-order valence-corrected chi connectivity index (χ3v) is 5.83. The molecule has 1 aliphatic heterocycles. The Morgan fingerprint density at radius 3 is 2.55 bits per heavy atom. The number of nitrogens with zero attached hydrogens (tertiary/aromatic N) is 3. The van der Waals surface area contributed by atoms with E-state index < -0.39 is 5.91 Å². The van der Waals surface area contributed by atoms with Crippen molar-refractivity contribution < 1.29 is 9.59 Å². The Morgan fingerprint density at radius 1 is 1.16 bits per heavy atom. The lowest BCUT2D eigenvalue weighted by molar-refractivity contribution is 0.0997. The van der Waals surface area contributed by atoms with Crippen LogP contribution in [0, 0.1) is 18.3 Å². The summed E-state index contributed by atoms with van der Waals surface area (Å²) in [4.78, 5) is 26.8. The summed E-state index contributed by atoms with van der Waals surface area (Å²) in [6.45, 7) is 3.19. The van der Waals surface area contributed by atoms with Gasteiger partial charge in [-0.05, 0) is 54.4 Å². The molecule has 0 atom stereocenters. The fraction of sp³-hybridized carbons (Fsp3) is 0.174. The Hall–Kier alpha value is -3.76. The first-order chi connectivity index (χ1) is 14.9. The third-order valence-electron chi connectivity index (χ3n) is 5.41. The maximum atomic E-state index is 12.8. The number of hydrogen-bond donors (Lipinski definition) is 2. The van der Waals surface area contributed by atoms with Gasteiger partial charge in [-0.3, -0.25) is 4.79 Å². The Labute approximate surface area is 184 Å². The molecule has 1 aliphatic rings. The van der Waals surface area contributed by atoms with Crippen LogP contribution in [0.2, 0.25) is 5.02 Å². The van der Waals surface area contributed by atoms with E-state index in [-0.39, 0.29) is 12.6 Å². The monoisotopic (exact) mass is 433 g/mol. The molecule has 0 bridgehead atoms. The van der Waals surface area contributed by atoms with E-state index in [2.05, 4.69) is 5.32 Å². The van der Waals surface area contributed by atoms with E-state index in [0.29, 0.717) is 40.6 Å². The molecule has 0 spiro atoms. The fourth-order valence-corrected chi connectivity index (χ4v) is 3.88. The number of carbonyl (C=O) groups is 2. The Balaban J connectivity index is 1.61. The predicted octanol–water partition coefficient (Wildman–Crippen LogP) is 4.14. The van der Waals surface area contributed by atoms with Gasteiger partial charge in [0.15, 0.2) is 0 Å². The summed E-state index contributed by atoms with van der Waals surface area (Å²) in [6.07, 6.45) is 1.91. The fourth-order valence-electron chi connectivity index (χ4n) is 3.77. The zero-order chi connectivity index (χ0) is 22.1. The highest BCUT2D eigenvalue weighted by molar-refractivity contribution is 6.31. The number of nitrogens with two attached hydrogens (primary N) is 1. The third kappa shape index (κ3) is 3.98. The van der Waals surface area contributed by atoms with Crippen LogP contribution >= 0.6 is 11.6 Å². The Bertz CT molecular complexity index is 1220. The summed E-state index contributed by atoms with van der Waals surface area (Å²) in [5, 5.41) is 12.4. The summed E-state index contributed by atoms with van der Waals surface area (Å²) in [5.74, 6) is -0.536. The minimum atomic E-state index is -0.536. The molecule has 2 heterocycles. The molecule has 0 saturated heterocycles. The number of primary amides is 1. The SMILES string of the molecule is Cc1cc(-c2cn3c(c2C(N)=O)CN(C(=O)Nc2ccc(C#N)cc2)CC3)ccc1Cl. The van der Waals surface area contributed by atoms with Gasteiger partial charge in [0, 0.05) is 35.6 Å². The van der Waals surface area contributed by atoms with Crippen LogP contribution in [-0.2, 0) is 13.1 Å². The number of halogens is 1. The standard InChI is InChI=1S/C23H20ClN5O2/c1-14-10-16(4-7-19(14)24)18-12-28-8-9-29(13-20(28)21(18)22(26)30)23(31)27-17-5-2-15(11-25)3-6-17/h2-7,10,12H,8-9,13H2,1H3,(H2,26,30)(H,27,31). The first kappa shape index (κ1) is 20.5. The molecule has 156 valence electrons. The molecule has 8 heteroatoms. The van der Waals surface area contributed by atoms with E-state index in [9.17, 15) is 9.59 Å². The van der Waals surface area contributed by atoms with Crippen molar-refractivity contribution >= 4 is 29.2 Å². The second kappa shape index (κ2) is 8.17. The van der Waals surface area contributed by atoms with Crippen LogP contribution in [0.25, 0.3) is 11.1 Å². The molecule has 0 unspecified atom stereocenters. The summed E-state index contributed by atoms with van der Waals surface area (Å²) >= 11 is 6.15. The van der Waals surface area contributed by atoms with Gasteiger partial charge in [0.25, 0.3) is 5.91 Å². The van der Waals surface area contributed by atoms with Crippen molar-refractivity contribution in [1.29, 1.82) is 5.26 Å². The van der Waals surface area contributed by atoms with E-state index in [1.54, 1.807) is 35.2 Å². The molecular weight excluding hydrogens is 414 g/mol. The summed E-state index contributed by atoms with van der Waals surface area (Å²) in [7, 11) is 0. The van der Waals surface area contributed by atoms with E-state index in [0.717, 1.165) is 16.7 Å². The molecule has 2 aromatic carbocycles. The van der Waals surface area contributed by atoms with Crippen LogP contribution in [-0.4, -0.2) is 28.0 Å². The topological polar surface area (TPSA) is 104 Å². The molecule has 0 fully saturated rings. The van der Waals surface area contributed by atoms with Gasteiger partial charge in [0.05, 0.1) is 29.4 Å². The minimum absolute atomic E-state index is 0.257. The number of nitriles is 1. The highest BCUT2D eigenvalue weighted by atomic mass is 35.5.